The Labute approximate surface area is 123 Å². The first-order valence-corrected chi connectivity index (χ1v) is 6.86. The minimum atomic E-state index is -1.23. The molecule has 2 unspecified atom stereocenters. The van der Waals surface area contributed by atoms with Crippen LogP contribution in [0.4, 0.5) is 4.79 Å². The number of hydrogen-bond acceptors (Lipinski definition) is 4. The van der Waals surface area contributed by atoms with E-state index in [1.165, 1.54) is 0 Å². The van der Waals surface area contributed by atoms with Crippen molar-refractivity contribution in [2.75, 3.05) is 6.61 Å². The van der Waals surface area contributed by atoms with E-state index in [9.17, 15) is 9.59 Å². The van der Waals surface area contributed by atoms with E-state index in [1.54, 1.807) is 13.8 Å². The van der Waals surface area contributed by atoms with Crippen LogP contribution in [0.2, 0.25) is 0 Å². The lowest BCUT2D eigenvalue weighted by atomic mass is 9.87. The predicted molar refractivity (Wildman–Crippen MR) is 77.6 cm³/mol. The summed E-state index contributed by atoms with van der Waals surface area (Å²) in [4.78, 5) is 24.0. The summed E-state index contributed by atoms with van der Waals surface area (Å²) in [5.74, 6) is -0.503. The fraction of sp³-hybridized carbons (Fsp3) is 0.375. The molecule has 0 spiro atoms. The third kappa shape index (κ3) is 2.91. The molecule has 21 heavy (non-hydrogen) atoms. The molecule has 1 aliphatic heterocycles. The number of rotatable bonds is 4. The Morgan fingerprint density at radius 1 is 1.48 bits per heavy atom. The molecule has 2 rings (SSSR count). The van der Waals surface area contributed by atoms with Crippen LogP contribution in [0.5, 0.6) is 0 Å². The van der Waals surface area contributed by atoms with E-state index in [0.717, 1.165) is 5.56 Å². The summed E-state index contributed by atoms with van der Waals surface area (Å²) in [5, 5.41) is 2.61. The Bertz CT molecular complexity index is 555. The van der Waals surface area contributed by atoms with Crippen molar-refractivity contribution in [3.8, 4) is 0 Å². The number of alkyl carbamates (subject to hydrolysis) is 1. The standard InChI is InChI=1S/C16H19NO4/c1-4-20-15(19)17-16(11(2)3)10-13(21-14(16)18)12-8-6-5-7-9-12/h5-9,13H,2,4,10H2,1,3H3,(H,17,19). The quantitative estimate of drug-likeness (QED) is 0.683. The molecule has 1 aromatic carbocycles. The van der Waals surface area contributed by atoms with Gasteiger partial charge in [-0.15, -0.1) is 0 Å². The van der Waals surface area contributed by atoms with Gasteiger partial charge in [0, 0.05) is 6.42 Å². The van der Waals surface area contributed by atoms with Gasteiger partial charge >= 0.3 is 12.1 Å². The number of esters is 1. The lowest BCUT2D eigenvalue weighted by Crippen LogP contribution is -2.52. The first kappa shape index (κ1) is 15.1. The van der Waals surface area contributed by atoms with Gasteiger partial charge in [0.1, 0.15) is 6.10 Å². The number of benzene rings is 1. The van der Waals surface area contributed by atoms with Crippen LogP contribution in [0.1, 0.15) is 31.9 Å². The van der Waals surface area contributed by atoms with E-state index in [2.05, 4.69) is 11.9 Å². The Kier molecular flexibility index (Phi) is 4.31. The predicted octanol–water partition coefficient (Wildman–Crippen LogP) is 2.74. The molecule has 1 fully saturated rings. The third-order valence-electron chi connectivity index (χ3n) is 3.58. The second-order valence-corrected chi connectivity index (χ2v) is 5.04. The van der Waals surface area contributed by atoms with E-state index < -0.39 is 23.7 Å². The van der Waals surface area contributed by atoms with Crippen LogP contribution >= 0.6 is 0 Å². The van der Waals surface area contributed by atoms with Crippen LogP contribution in [0.25, 0.3) is 0 Å². The number of cyclic esters (lactones) is 1. The Morgan fingerprint density at radius 2 is 2.14 bits per heavy atom. The first-order valence-electron chi connectivity index (χ1n) is 6.86. The van der Waals surface area contributed by atoms with E-state index in [4.69, 9.17) is 9.47 Å². The van der Waals surface area contributed by atoms with Crippen LogP contribution in [0.3, 0.4) is 0 Å². The summed E-state index contributed by atoms with van der Waals surface area (Å²) in [7, 11) is 0. The molecule has 0 aromatic heterocycles. The minimum absolute atomic E-state index is 0.231. The van der Waals surface area contributed by atoms with Gasteiger partial charge in [-0.1, -0.05) is 36.9 Å². The largest absolute Gasteiger partial charge is 0.455 e. The molecular weight excluding hydrogens is 270 g/mol. The van der Waals surface area contributed by atoms with Gasteiger partial charge in [-0.05, 0) is 25.0 Å². The second kappa shape index (κ2) is 5.99. The molecule has 0 saturated carbocycles. The lowest BCUT2D eigenvalue weighted by molar-refractivity contribution is -0.145. The van der Waals surface area contributed by atoms with Crippen molar-refractivity contribution >= 4 is 12.1 Å². The summed E-state index contributed by atoms with van der Waals surface area (Å²) < 4.78 is 10.3. The van der Waals surface area contributed by atoms with Gasteiger partial charge in [-0.2, -0.15) is 0 Å². The smallest absolute Gasteiger partial charge is 0.408 e. The molecule has 2 atom stereocenters. The molecule has 1 heterocycles. The molecule has 1 saturated heterocycles. The van der Waals surface area contributed by atoms with Gasteiger partial charge in [-0.25, -0.2) is 9.59 Å². The van der Waals surface area contributed by atoms with Crippen LogP contribution in [0.15, 0.2) is 42.5 Å². The molecule has 1 aromatic rings. The zero-order chi connectivity index (χ0) is 15.5. The van der Waals surface area contributed by atoms with Crippen molar-refractivity contribution in [1.82, 2.24) is 5.32 Å². The highest BCUT2D eigenvalue weighted by atomic mass is 16.6. The van der Waals surface area contributed by atoms with Gasteiger partial charge in [0.25, 0.3) is 0 Å². The fourth-order valence-corrected chi connectivity index (χ4v) is 2.39. The molecule has 5 heteroatoms. The molecule has 0 radical (unpaired) electrons. The number of ether oxygens (including phenoxy) is 2. The Balaban J connectivity index is 2.24. The monoisotopic (exact) mass is 289 g/mol. The normalized spacial score (nSPS) is 24.3. The average molecular weight is 289 g/mol. The van der Waals surface area contributed by atoms with Crippen LogP contribution in [0, 0.1) is 0 Å². The number of hydrogen-bond donors (Lipinski definition) is 1. The summed E-state index contributed by atoms with van der Waals surface area (Å²) >= 11 is 0. The van der Waals surface area contributed by atoms with Gasteiger partial charge in [-0.3, -0.25) is 0 Å². The van der Waals surface area contributed by atoms with Crippen molar-refractivity contribution in [2.24, 2.45) is 0 Å². The highest BCUT2D eigenvalue weighted by Crippen LogP contribution is 2.39. The van der Waals surface area contributed by atoms with E-state index in [-0.39, 0.29) is 6.61 Å². The molecule has 0 aliphatic carbocycles. The van der Waals surface area contributed by atoms with Crippen molar-refractivity contribution in [1.29, 1.82) is 0 Å². The zero-order valence-corrected chi connectivity index (χ0v) is 12.2. The summed E-state index contributed by atoms with van der Waals surface area (Å²) in [6, 6.07) is 9.42. The van der Waals surface area contributed by atoms with Crippen molar-refractivity contribution in [3.05, 3.63) is 48.0 Å². The number of amides is 1. The maximum atomic E-state index is 12.3. The van der Waals surface area contributed by atoms with Crippen molar-refractivity contribution < 1.29 is 19.1 Å². The van der Waals surface area contributed by atoms with E-state index in [0.29, 0.717) is 12.0 Å². The number of nitrogens with one attached hydrogen (secondary N) is 1. The SMILES string of the molecule is C=C(C)C1(NC(=O)OCC)CC(c2ccccc2)OC1=O. The summed E-state index contributed by atoms with van der Waals surface area (Å²) in [6.07, 6.45) is -0.743. The highest BCUT2D eigenvalue weighted by Gasteiger charge is 2.51. The zero-order valence-electron chi connectivity index (χ0n) is 12.2. The third-order valence-corrected chi connectivity index (χ3v) is 3.58. The molecule has 1 amide bonds. The molecule has 112 valence electrons. The summed E-state index contributed by atoms with van der Waals surface area (Å²) in [6.45, 7) is 7.46. The van der Waals surface area contributed by atoms with Crippen LogP contribution < -0.4 is 5.32 Å². The van der Waals surface area contributed by atoms with Crippen molar-refractivity contribution in [2.45, 2.75) is 31.9 Å². The molecule has 0 bridgehead atoms. The minimum Gasteiger partial charge on any atom is -0.455 e. The second-order valence-electron chi connectivity index (χ2n) is 5.04. The van der Waals surface area contributed by atoms with Gasteiger partial charge in [0.15, 0.2) is 5.54 Å². The van der Waals surface area contributed by atoms with Gasteiger partial charge in [0.2, 0.25) is 0 Å². The molecule has 5 nitrogen and oxygen atoms in total. The molecular formula is C16H19NO4. The average Bonchev–Trinajstić information content (AvgIpc) is 2.78. The van der Waals surface area contributed by atoms with Crippen LogP contribution in [-0.2, 0) is 14.3 Å². The number of carbonyl (C=O) groups excluding carboxylic acids is 2. The first-order chi connectivity index (χ1) is 9.99. The van der Waals surface area contributed by atoms with Crippen molar-refractivity contribution in [3.63, 3.8) is 0 Å². The Hall–Kier alpha value is -2.30. The molecule has 1 N–H and O–H groups in total. The van der Waals surface area contributed by atoms with Crippen LogP contribution in [-0.4, -0.2) is 24.2 Å². The van der Waals surface area contributed by atoms with Gasteiger partial charge < -0.3 is 14.8 Å². The van der Waals surface area contributed by atoms with Gasteiger partial charge in [0.05, 0.1) is 6.61 Å². The van der Waals surface area contributed by atoms with E-state index in [1.807, 2.05) is 30.3 Å². The summed E-state index contributed by atoms with van der Waals surface area (Å²) in [5.41, 5.74) is 0.186. The van der Waals surface area contributed by atoms with E-state index >= 15 is 0 Å². The maximum Gasteiger partial charge on any atom is 0.408 e. The Morgan fingerprint density at radius 3 is 2.71 bits per heavy atom. The lowest BCUT2D eigenvalue weighted by Gasteiger charge is -2.26. The topological polar surface area (TPSA) is 64.6 Å². The highest BCUT2D eigenvalue weighted by molar-refractivity contribution is 5.91. The molecule has 1 aliphatic rings. The maximum absolute atomic E-state index is 12.3. The fourth-order valence-electron chi connectivity index (χ4n) is 2.39. The number of carbonyl (C=O) groups is 2.